The fourth-order valence-electron chi connectivity index (χ4n) is 0.628. The van der Waals surface area contributed by atoms with Gasteiger partial charge in [0.1, 0.15) is 0 Å². The highest BCUT2D eigenvalue weighted by Gasteiger charge is 1.93. The second-order valence-corrected chi connectivity index (χ2v) is 2.58. The summed E-state index contributed by atoms with van der Waals surface area (Å²) in [6.07, 6.45) is 1.77. The molecule has 1 heterocycles. The van der Waals surface area contributed by atoms with Crippen molar-refractivity contribution in [2.75, 3.05) is 0 Å². The second kappa shape index (κ2) is 2.84. The average molecular weight is 154 g/mol. The maximum atomic E-state index is 5.60. The first-order chi connectivity index (χ1) is 4.70. The van der Waals surface area contributed by atoms with Crippen molar-refractivity contribution in [1.82, 2.24) is 4.98 Å². The lowest BCUT2D eigenvalue weighted by Crippen LogP contribution is -1.82. The van der Waals surface area contributed by atoms with Crippen LogP contribution in [0.5, 0.6) is 0 Å². The third-order valence-electron chi connectivity index (χ3n) is 1.19. The first-order valence-electron chi connectivity index (χ1n) is 2.97. The molecule has 2 heteroatoms. The van der Waals surface area contributed by atoms with Gasteiger partial charge in [0, 0.05) is 6.20 Å². The third kappa shape index (κ3) is 1.58. The van der Waals surface area contributed by atoms with Crippen LogP contribution in [0, 0.1) is 6.92 Å². The molecule has 0 N–H and O–H groups in total. The van der Waals surface area contributed by atoms with Crippen molar-refractivity contribution in [3.63, 3.8) is 0 Å². The number of nitrogens with zero attached hydrogens (tertiary/aromatic N) is 1. The van der Waals surface area contributed by atoms with Gasteiger partial charge in [0.2, 0.25) is 0 Å². The van der Waals surface area contributed by atoms with Crippen LogP contribution in [-0.4, -0.2) is 4.98 Å². The average Bonchev–Trinajstić information content (AvgIpc) is 1.88. The molecule has 0 fully saturated rings. The Labute approximate surface area is 65.4 Å². The zero-order chi connectivity index (χ0) is 7.56. The maximum absolute atomic E-state index is 5.60. The van der Waals surface area contributed by atoms with Gasteiger partial charge < -0.3 is 0 Å². The molecule has 1 rings (SSSR count). The predicted octanol–water partition coefficient (Wildman–Crippen LogP) is 2.60. The zero-order valence-corrected chi connectivity index (χ0v) is 6.52. The van der Waals surface area contributed by atoms with Crippen molar-refractivity contribution in [2.24, 2.45) is 0 Å². The third-order valence-corrected chi connectivity index (χ3v) is 1.38. The van der Waals surface area contributed by atoms with E-state index >= 15 is 0 Å². The summed E-state index contributed by atoms with van der Waals surface area (Å²) in [4.78, 5) is 4.05. The quantitative estimate of drug-likeness (QED) is 0.605. The number of aryl methyl sites for hydroxylation is 1. The maximum Gasteiger partial charge on any atom is 0.0809 e. The molecule has 0 bridgehead atoms. The first kappa shape index (κ1) is 7.29. The Morgan fingerprint density at radius 2 is 2.30 bits per heavy atom. The topological polar surface area (TPSA) is 12.9 Å². The molecule has 1 aromatic heterocycles. The van der Waals surface area contributed by atoms with Crippen LogP contribution >= 0.6 is 11.6 Å². The summed E-state index contributed by atoms with van der Waals surface area (Å²) < 4.78 is 0. The molecule has 0 aromatic carbocycles. The van der Waals surface area contributed by atoms with Gasteiger partial charge >= 0.3 is 0 Å². The Kier molecular flexibility index (Phi) is 2.07. The van der Waals surface area contributed by atoms with E-state index in [0.29, 0.717) is 5.03 Å². The minimum atomic E-state index is 0.486. The monoisotopic (exact) mass is 153 g/mol. The molecule has 0 amide bonds. The standard InChI is InChI=1S/C8H8ClN/c1-6-3-4-8(7(2)9)10-5-6/h3-5H,2H2,1H3. The Balaban J connectivity index is 3.00. The van der Waals surface area contributed by atoms with Gasteiger partial charge in [0.25, 0.3) is 0 Å². The molecule has 0 saturated carbocycles. The zero-order valence-electron chi connectivity index (χ0n) is 5.76. The van der Waals surface area contributed by atoms with E-state index in [0.717, 1.165) is 11.3 Å². The van der Waals surface area contributed by atoms with Crippen LogP contribution in [0.1, 0.15) is 11.3 Å². The molecular formula is C8H8ClN. The molecule has 0 spiro atoms. The largest absolute Gasteiger partial charge is 0.255 e. The molecule has 0 saturated heterocycles. The van der Waals surface area contributed by atoms with E-state index < -0.39 is 0 Å². The summed E-state index contributed by atoms with van der Waals surface area (Å²) in [5, 5.41) is 0.486. The van der Waals surface area contributed by atoms with Gasteiger partial charge in [-0.25, -0.2) is 0 Å². The summed E-state index contributed by atoms with van der Waals surface area (Å²) >= 11 is 5.60. The van der Waals surface area contributed by atoms with Crippen LogP contribution in [0.2, 0.25) is 0 Å². The summed E-state index contributed by atoms with van der Waals surface area (Å²) in [6.45, 7) is 5.54. The molecule has 0 unspecified atom stereocenters. The first-order valence-corrected chi connectivity index (χ1v) is 3.35. The highest BCUT2D eigenvalue weighted by atomic mass is 35.5. The Hall–Kier alpha value is -0.820. The van der Waals surface area contributed by atoms with E-state index in [1.807, 2.05) is 19.1 Å². The smallest absolute Gasteiger partial charge is 0.0809 e. The molecular weight excluding hydrogens is 146 g/mol. The lowest BCUT2D eigenvalue weighted by atomic mass is 10.3. The van der Waals surface area contributed by atoms with Crippen LogP contribution in [0.25, 0.3) is 5.03 Å². The summed E-state index contributed by atoms with van der Waals surface area (Å²) in [7, 11) is 0. The Morgan fingerprint density at radius 1 is 1.60 bits per heavy atom. The highest BCUT2D eigenvalue weighted by molar-refractivity contribution is 6.47. The predicted molar refractivity (Wildman–Crippen MR) is 43.9 cm³/mol. The number of hydrogen-bond acceptors (Lipinski definition) is 1. The number of rotatable bonds is 1. The molecule has 52 valence electrons. The van der Waals surface area contributed by atoms with Gasteiger partial charge in [0.15, 0.2) is 0 Å². The normalized spacial score (nSPS) is 9.40. The molecule has 0 aliphatic heterocycles. The van der Waals surface area contributed by atoms with Crippen LogP contribution in [0.15, 0.2) is 24.9 Å². The SMILES string of the molecule is C=C(Cl)c1ccc(C)cn1. The van der Waals surface area contributed by atoms with E-state index in [1.165, 1.54) is 0 Å². The van der Waals surface area contributed by atoms with Crippen molar-refractivity contribution in [3.05, 3.63) is 36.2 Å². The lowest BCUT2D eigenvalue weighted by Gasteiger charge is -1.95. The summed E-state index contributed by atoms with van der Waals surface area (Å²) in [5.41, 5.74) is 1.87. The molecule has 10 heavy (non-hydrogen) atoms. The van der Waals surface area contributed by atoms with E-state index in [4.69, 9.17) is 11.6 Å². The summed E-state index contributed by atoms with van der Waals surface area (Å²) in [6, 6.07) is 3.81. The van der Waals surface area contributed by atoms with E-state index in [9.17, 15) is 0 Å². The fourth-order valence-corrected chi connectivity index (χ4v) is 0.740. The van der Waals surface area contributed by atoms with Gasteiger partial charge in [-0.1, -0.05) is 24.2 Å². The van der Waals surface area contributed by atoms with Gasteiger partial charge in [0.05, 0.1) is 10.7 Å². The van der Waals surface area contributed by atoms with Crippen LogP contribution in [0.3, 0.4) is 0 Å². The molecule has 0 atom stereocenters. The van der Waals surface area contributed by atoms with Gasteiger partial charge in [-0.3, -0.25) is 4.98 Å². The minimum absolute atomic E-state index is 0.486. The van der Waals surface area contributed by atoms with E-state index in [-0.39, 0.29) is 0 Å². The van der Waals surface area contributed by atoms with Gasteiger partial charge in [-0.15, -0.1) is 0 Å². The van der Waals surface area contributed by atoms with Crippen LogP contribution in [-0.2, 0) is 0 Å². The van der Waals surface area contributed by atoms with E-state index in [1.54, 1.807) is 6.20 Å². The van der Waals surface area contributed by atoms with Crippen LogP contribution < -0.4 is 0 Å². The van der Waals surface area contributed by atoms with Gasteiger partial charge in [-0.05, 0) is 18.6 Å². The fraction of sp³-hybridized carbons (Fsp3) is 0.125. The van der Waals surface area contributed by atoms with Crippen molar-refractivity contribution in [3.8, 4) is 0 Å². The van der Waals surface area contributed by atoms with Crippen LogP contribution in [0.4, 0.5) is 0 Å². The molecule has 0 aliphatic rings. The highest BCUT2D eigenvalue weighted by Crippen LogP contribution is 2.12. The van der Waals surface area contributed by atoms with Crippen molar-refractivity contribution in [1.29, 1.82) is 0 Å². The Morgan fingerprint density at radius 3 is 2.70 bits per heavy atom. The molecule has 1 aromatic rings. The summed E-state index contributed by atoms with van der Waals surface area (Å²) in [5.74, 6) is 0. The van der Waals surface area contributed by atoms with E-state index in [2.05, 4.69) is 11.6 Å². The number of hydrogen-bond donors (Lipinski definition) is 0. The number of pyridine rings is 1. The van der Waals surface area contributed by atoms with Crippen molar-refractivity contribution >= 4 is 16.6 Å². The number of halogens is 1. The number of aromatic nitrogens is 1. The minimum Gasteiger partial charge on any atom is -0.255 e. The second-order valence-electron chi connectivity index (χ2n) is 2.13. The van der Waals surface area contributed by atoms with Gasteiger partial charge in [-0.2, -0.15) is 0 Å². The van der Waals surface area contributed by atoms with Crippen molar-refractivity contribution in [2.45, 2.75) is 6.92 Å². The molecule has 0 radical (unpaired) electrons. The molecule has 0 aliphatic carbocycles. The van der Waals surface area contributed by atoms with Crippen molar-refractivity contribution < 1.29 is 0 Å². The Bertz CT molecular complexity index is 238. The lowest BCUT2D eigenvalue weighted by molar-refractivity contribution is 1.24. The molecule has 1 nitrogen and oxygen atoms in total.